The Morgan fingerprint density at radius 2 is 1.66 bits per heavy atom. The third kappa shape index (κ3) is 8.12. The minimum Gasteiger partial charge on any atom is -0.354 e. The van der Waals surface area contributed by atoms with Crippen LogP contribution in [0, 0.1) is 19.8 Å². The summed E-state index contributed by atoms with van der Waals surface area (Å²) in [5.74, 6) is -0.646. The van der Waals surface area contributed by atoms with Crippen LogP contribution in [-0.2, 0) is 26.2 Å². The summed E-state index contributed by atoms with van der Waals surface area (Å²) >= 11 is 12.4. The van der Waals surface area contributed by atoms with Gasteiger partial charge in [0.25, 0.3) is 0 Å². The van der Waals surface area contributed by atoms with Gasteiger partial charge in [0.2, 0.25) is 21.8 Å². The van der Waals surface area contributed by atoms with Crippen molar-refractivity contribution in [2.24, 2.45) is 5.92 Å². The molecule has 10 heteroatoms. The van der Waals surface area contributed by atoms with Crippen molar-refractivity contribution in [3.8, 4) is 0 Å². The second kappa shape index (κ2) is 12.1. The monoisotopic (exact) mass is 541 g/mol. The Morgan fingerprint density at radius 1 is 1.00 bits per heavy atom. The molecule has 0 heterocycles. The molecule has 0 saturated heterocycles. The number of hydrogen-bond donors (Lipinski definition) is 1. The molecule has 35 heavy (non-hydrogen) atoms. The summed E-state index contributed by atoms with van der Waals surface area (Å²) in [5, 5.41) is 3.63. The highest BCUT2D eigenvalue weighted by Crippen LogP contribution is 2.25. The molecule has 0 aliphatic heterocycles. The number of carbonyl (C=O) groups excluding carboxylic acids is 2. The zero-order valence-electron chi connectivity index (χ0n) is 20.9. The van der Waals surface area contributed by atoms with Crippen LogP contribution in [-0.4, -0.2) is 50.5 Å². The molecule has 0 spiro atoms. The molecule has 192 valence electrons. The van der Waals surface area contributed by atoms with Crippen LogP contribution in [0.15, 0.2) is 36.4 Å². The summed E-state index contributed by atoms with van der Waals surface area (Å²) in [7, 11) is -3.79. The topological polar surface area (TPSA) is 86.8 Å². The fourth-order valence-corrected chi connectivity index (χ4v) is 4.67. The molecular weight excluding hydrogens is 509 g/mol. The van der Waals surface area contributed by atoms with Gasteiger partial charge in [-0.1, -0.05) is 49.2 Å². The van der Waals surface area contributed by atoms with E-state index in [1.807, 2.05) is 27.7 Å². The molecule has 0 fully saturated rings. The van der Waals surface area contributed by atoms with E-state index in [2.05, 4.69) is 5.32 Å². The first-order valence-electron chi connectivity index (χ1n) is 11.3. The Kier molecular flexibility index (Phi) is 10.0. The second-order valence-electron chi connectivity index (χ2n) is 9.11. The smallest absolute Gasteiger partial charge is 0.244 e. The first kappa shape index (κ1) is 28.9. The molecule has 2 aromatic rings. The van der Waals surface area contributed by atoms with E-state index in [4.69, 9.17) is 23.2 Å². The van der Waals surface area contributed by atoms with E-state index in [9.17, 15) is 18.0 Å². The Hall–Kier alpha value is -2.29. The maximum absolute atomic E-state index is 13.6. The molecule has 0 unspecified atom stereocenters. The molecule has 7 nitrogen and oxygen atoms in total. The number of hydrogen-bond acceptors (Lipinski definition) is 4. The number of nitrogens with zero attached hydrogens (tertiary/aromatic N) is 2. The van der Waals surface area contributed by atoms with Crippen molar-refractivity contribution < 1.29 is 18.0 Å². The quantitative estimate of drug-likeness (QED) is 0.477. The van der Waals surface area contributed by atoms with Crippen LogP contribution < -0.4 is 9.62 Å². The maximum atomic E-state index is 13.6. The van der Waals surface area contributed by atoms with E-state index >= 15 is 0 Å². The summed E-state index contributed by atoms with van der Waals surface area (Å²) in [5.41, 5.74) is 2.87. The van der Waals surface area contributed by atoms with Gasteiger partial charge in [0.05, 0.1) is 11.9 Å². The number of carbonyl (C=O) groups is 2. The highest BCUT2D eigenvalue weighted by molar-refractivity contribution is 7.92. The van der Waals surface area contributed by atoms with Crippen molar-refractivity contribution in [1.29, 1.82) is 0 Å². The van der Waals surface area contributed by atoms with Gasteiger partial charge in [0.1, 0.15) is 12.6 Å². The van der Waals surface area contributed by atoms with E-state index in [0.29, 0.717) is 27.8 Å². The number of nitrogens with one attached hydrogen (secondary N) is 1. The molecule has 2 amide bonds. The SMILES string of the molecule is Cc1ccc(N(CC(=O)N(Cc2ccc(Cl)cc2Cl)[C@H](C)C(=O)NCC(C)C)S(C)(=O)=O)cc1C. The normalized spacial score (nSPS) is 12.4. The van der Waals surface area contributed by atoms with Crippen molar-refractivity contribution in [1.82, 2.24) is 10.2 Å². The molecule has 2 aromatic carbocycles. The number of rotatable bonds is 10. The van der Waals surface area contributed by atoms with E-state index in [1.54, 1.807) is 43.3 Å². The molecule has 0 aromatic heterocycles. The Balaban J connectivity index is 2.42. The summed E-state index contributed by atoms with van der Waals surface area (Å²) in [6.07, 6.45) is 1.05. The lowest BCUT2D eigenvalue weighted by molar-refractivity contribution is -0.139. The average Bonchev–Trinajstić information content (AvgIpc) is 2.75. The lowest BCUT2D eigenvalue weighted by Gasteiger charge is -2.32. The van der Waals surface area contributed by atoms with Gasteiger partial charge in [0.15, 0.2) is 0 Å². The Morgan fingerprint density at radius 3 is 2.20 bits per heavy atom. The van der Waals surface area contributed by atoms with E-state index in [-0.39, 0.29) is 18.4 Å². The van der Waals surface area contributed by atoms with Crippen LogP contribution in [0.4, 0.5) is 5.69 Å². The van der Waals surface area contributed by atoms with Crippen molar-refractivity contribution in [2.75, 3.05) is 23.7 Å². The summed E-state index contributed by atoms with van der Waals surface area (Å²) in [6.45, 7) is 9.33. The van der Waals surface area contributed by atoms with Crippen molar-refractivity contribution in [3.63, 3.8) is 0 Å². The molecule has 1 N–H and O–H groups in total. The molecule has 0 bridgehead atoms. The minimum absolute atomic E-state index is 0.00955. The van der Waals surface area contributed by atoms with Gasteiger partial charge in [-0.25, -0.2) is 8.42 Å². The maximum Gasteiger partial charge on any atom is 0.244 e. The van der Waals surface area contributed by atoms with E-state index in [0.717, 1.165) is 21.7 Å². The fourth-order valence-electron chi connectivity index (χ4n) is 3.36. The molecular formula is C25H33Cl2N3O4S. The van der Waals surface area contributed by atoms with Crippen LogP contribution in [0.5, 0.6) is 0 Å². The van der Waals surface area contributed by atoms with Gasteiger partial charge < -0.3 is 10.2 Å². The van der Waals surface area contributed by atoms with Gasteiger partial charge in [-0.3, -0.25) is 13.9 Å². The molecule has 1 atom stereocenters. The summed E-state index contributed by atoms with van der Waals surface area (Å²) in [4.78, 5) is 27.8. The van der Waals surface area contributed by atoms with Crippen LogP contribution >= 0.6 is 23.2 Å². The highest BCUT2D eigenvalue weighted by atomic mass is 35.5. The highest BCUT2D eigenvalue weighted by Gasteiger charge is 2.30. The zero-order valence-corrected chi connectivity index (χ0v) is 23.3. The number of anilines is 1. The number of aryl methyl sites for hydroxylation is 2. The van der Waals surface area contributed by atoms with Gasteiger partial charge in [-0.2, -0.15) is 0 Å². The molecule has 0 saturated carbocycles. The van der Waals surface area contributed by atoms with Gasteiger partial charge >= 0.3 is 0 Å². The van der Waals surface area contributed by atoms with Crippen LogP contribution in [0.1, 0.15) is 37.5 Å². The van der Waals surface area contributed by atoms with E-state index in [1.165, 1.54) is 4.90 Å². The number of amides is 2. The lowest BCUT2D eigenvalue weighted by Crippen LogP contribution is -2.51. The third-order valence-corrected chi connectivity index (χ3v) is 7.39. The van der Waals surface area contributed by atoms with Crippen LogP contribution in [0.2, 0.25) is 10.0 Å². The summed E-state index contributed by atoms with van der Waals surface area (Å²) in [6, 6.07) is 9.21. The second-order valence-corrected chi connectivity index (χ2v) is 11.9. The predicted octanol–water partition coefficient (Wildman–Crippen LogP) is 4.57. The molecule has 0 aliphatic carbocycles. The number of halogens is 2. The van der Waals surface area contributed by atoms with Crippen molar-refractivity contribution in [2.45, 2.75) is 47.2 Å². The van der Waals surface area contributed by atoms with Crippen molar-refractivity contribution >= 4 is 50.7 Å². The van der Waals surface area contributed by atoms with Gasteiger partial charge in [0, 0.05) is 23.1 Å². The Labute approximate surface area is 218 Å². The van der Waals surface area contributed by atoms with Crippen LogP contribution in [0.3, 0.4) is 0 Å². The number of benzene rings is 2. The predicted molar refractivity (Wildman–Crippen MR) is 142 cm³/mol. The fraction of sp³-hybridized carbons (Fsp3) is 0.440. The Bertz CT molecular complexity index is 1190. The van der Waals surface area contributed by atoms with E-state index < -0.39 is 28.5 Å². The van der Waals surface area contributed by atoms with Gasteiger partial charge in [-0.15, -0.1) is 0 Å². The lowest BCUT2D eigenvalue weighted by atomic mass is 10.1. The molecule has 2 rings (SSSR count). The largest absolute Gasteiger partial charge is 0.354 e. The minimum atomic E-state index is -3.79. The zero-order chi connectivity index (χ0) is 26.5. The standard InChI is InChI=1S/C25H33Cl2N3O4S/c1-16(2)13-28-25(32)19(5)29(14-20-8-9-21(26)12-23(20)27)24(31)15-30(35(6,33)34)22-10-7-17(3)18(4)11-22/h7-12,16,19H,13-15H2,1-6H3,(H,28,32)/t19-/m1/s1. The van der Waals surface area contributed by atoms with Gasteiger partial charge in [-0.05, 0) is 67.6 Å². The third-order valence-electron chi connectivity index (χ3n) is 5.67. The molecule has 0 radical (unpaired) electrons. The first-order valence-corrected chi connectivity index (χ1v) is 13.9. The average molecular weight is 543 g/mol. The summed E-state index contributed by atoms with van der Waals surface area (Å²) < 4.78 is 26.4. The number of sulfonamides is 1. The van der Waals surface area contributed by atoms with Crippen LogP contribution in [0.25, 0.3) is 0 Å². The van der Waals surface area contributed by atoms with Crippen molar-refractivity contribution in [3.05, 3.63) is 63.1 Å². The molecule has 0 aliphatic rings. The first-order chi connectivity index (χ1) is 16.2.